The van der Waals surface area contributed by atoms with Crippen LogP contribution in [0.2, 0.25) is 0 Å². The van der Waals surface area contributed by atoms with Crippen molar-refractivity contribution in [2.45, 2.75) is 20.4 Å². The first kappa shape index (κ1) is 14.3. The number of nitrogens with zero attached hydrogens (tertiary/aromatic N) is 1. The Morgan fingerprint density at radius 1 is 1.06 bits per heavy atom. The van der Waals surface area contributed by atoms with E-state index in [2.05, 4.69) is 34.7 Å². The van der Waals surface area contributed by atoms with Crippen LogP contribution >= 0.6 is 15.9 Å². The van der Waals surface area contributed by atoms with Crippen LogP contribution in [0.3, 0.4) is 0 Å². The molecule has 0 heterocycles. The summed E-state index contributed by atoms with van der Waals surface area (Å²) in [6.45, 7) is 7.17. The van der Waals surface area contributed by atoms with Gasteiger partial charge in [-0.3, -0.25) is 4.90 Å². The van der Waals surface area contributed by atoms with Crippen molar-refractivity contribution in [3.05, 3.63) is 22.2 Å². The van der Waals surface area contributed by atoms with Gasteiger partial charge in [0.15, 0.2) is 0 Å². The average Bonchev–Trinajstić information content (AvgIpc) is 2.36. The molecule has 0 saturated carbocycles. The molecule has 0 aliphatic rings. The third-order valence-corrected chi connectivity index (χ3v) is 3.31. The minimum atomic E-state index is 0.840. The van der Waals surface area contributed by atoms with Crippen molar-refractivity contribution in [2.75, 3.05) is 27.3 Å². The highest BCUT2D eigenvalue weighted by molar-refractivity contribution is 9.10. The molecular formula is C13H20BrNO2. The van der Waals surface area contributed by atoms with E-state index in [9.17, 15) is 0 Å². The largest absolute Gasteiger partial charge is 0.496 e. The molecule has 1 aromatic rings. The fourth-order valence-electron chi connectivity index (χ4n) is 1.78. The molecule has 0 aliphatic heterocycles. The van der Waals surface area contributed by atoms with Crippen LogP contribution in [0, 0.1) is 0 Å². The summed E-state index contributed by atoms with van der Waals surface area (Å²) in [5.74, 6) is 1.73. The summed E-state index contributed by atoms with van der Waals surface area (Å²) in [7, 11) is 3.37. The first-order chi connectivity index (χ1) is 8.15. The lowest BCUT2D eigenvalue weighted by molar-refractivity contribution is 0.281. The van der Waals surface area contributed by atoms with Gasteiger partial charge in [-0.05, 0) is 25.2 Å². The van der Waals surface area contributed by atoms with Gasteiger partial charge in [-0.25, -0.2) is 0 Å². The summed E-state index contributed by atoms with van der Waals surface area (Å²) >= 11 is 3.46. The standard InChI is InChI=1S/C13H20BrNO2/c1-5-15(6-2)9-11-12(16-3)7-10(14)8-13(11)17-4/h7-8H,5-6,9H2,1-4H3. The lowest BCUT2D eigenvalue weighted by Gasteiger charge is -2.21. The first-order valence-electron chi connectivity index (χ1n) is 5.78. The van der Waals surface area contributed by atoms with Gasteiger partial charge in [-0.1, -0.05) is 29.8 Å². The van der Waals surface area contributed by atoms with Gasteiger partial charge in [-0.15, -0.1) is 0 Å². The second-order valence-corrected chi connectivity index (χ2v) is 4.67. The van der Waals surface area contributed by atoms with Crippen molar-refractivity contribution in [3.8, 4) is 11.5 Å². The number of hydrogen-bond donors (Lipinski definition) is 0. The van der Waals surface area contributed by atoms with Crippen LogP contribution < -0.4 is 9.47 Å². The van der Waals surface area contributed by atoms with Gasteiger partial charge < -0.3 is 9.47 Å². The Bertz CT molecular complexity index is 339. The maximum atomic E-state index is 5.42. The number of hydrogen-bond acceptors (Lipinski definition) is 3. The maximum Gasteiger partial charge on any atom is 0.128 e. The Labute approximate surface area is 112 Å². The first-order valence-corrected chi connectivity index (χ1v) is 6.58. The zero-order chi connectivity index (χ0) is 12.8. The van der Waals surface area contributed by atoms with Crippen molar-refractivity contribution >= 4 is 15.9 Å². The predicted molar refractivity (Wildman–Crippen MR) is 73.9 cm³/mol. The van der Waals surface area contributed by atoms with Gasteiger partial charge in [-0.2, -0.15) is 0 Å². The van der Waals surface area contributed by atoms with Crippen LogP contribution in [-0.4, -0.2) is 32.2 Å². The Kier molecular flexibility index (Phi) is 5.78. The Hall–Kier alpha value is -0.740. The lowest BCUT2D eigenvalue weighted by atomic mass is 10.1. The van der Waals surface area contributed by atoms with E-state index in [-0.39, 0.29) is 0 Å². The van der Waals surface area contributed by atoms with Gasteiger partial charge >= 0.3 is 0 Å². The molecule has 17 heavy (non-hydrogen) atoms. The molecule has 3 nitrogen and oxygen atoms in total. The quantitative estimate of drug-likeness (QED) is 0.805. The molecule has 0 radical (unpaired) electrons. The molecule has 0 saturated heterocycles. The van der Waals surface area contributed by atoms with Crippen molar-refractivity contribution in [3.63, 3.8) is 0 Å². The minimum Gasteiger partial charge on any atom is -0.496 e. The molecule has 1 aromatic carbocycles. The van der Waals surface area contributed by atoms with E-state index < -0.39 is 0 Å². The molecule has 0 atom stereocenters. The van der Waals surface area contributed by atoms with E-state index in [1.54, 1.807) is 14.2 Å². The normalized spacial score (nSPS) is 10.7. The Morgan fingerprint density at radius 2 is 1.53 bits per heavy atom. The zero-order valence-corrected chi connectivity index (χ0v) is 12.5. The molecular weight excluding hydrogens is 282 g/mol. The van der Waals surface area contributed by atoms with Crippen LogP contribution in [0.1, 0.15) is 19.4 Å². The smallest absolute Gasteiger partial charge is 0.128 e. The molecule has 4 heteroatoms. The second kappa shape index (κ2) is 6.87. The van der Waals surface area contributed by atoms with Crippen molar-refractivity contribution in [1.82, 2.24) is 4.90 Å². The maximum absolute atomic E-state index is 5.42. The molecule has 0 amide bonds. The summed E-state index contributed by atoms with van der Waals surface area (Å²) in [6, 6.07) is 3.95. The molecule has 96 valence electrons. The second-order valence-electron chi connectivity index (χ2n) is 3.75. The van der Waals surface area contributed by atoms with E-state index in [0.717, 1.165) is 41.2 Å². The summed E-state index contributed by atoms with van der Waals surface area (Å²) in [6.07, 6.45) is 0. The zero-order valence-electron chi connectivity index (χ0n) is 10.9. The summed E-state index contributed by atoms with van der Waals surface area (Å²) < 4.78 is 11.8. The number of benzene rings is 1. The molecule has 0 unspecified atom stereocenters. The van der Waals surface area contributed by atoms with Crippen LogP contribution in [-0.2, 0) is 6.54 Å². The van der Waals surface area contributed by atoms with Gasteiger partial charge in [0.25, 0.3) is 0 Å². The number of methoxy groups -OCH3 is 2. The van der Waals surface area contributed by atoms with Crippen LogP contribution in [0.25, 0.3) is 0 Å². The Morgan fingerprint density at radius 3 is 1.88 bits per heavy atom. The monoisotopic (exact) mass is 301 g/mol. The summed E-state index contributed by atoms with van der Waals surface area (Å²) in [5, 5.41) is 0. The molecule has 0 N–H and O–H groups in total. The number of rotatable bonds is 6. The molecule has 0 bridgehead atoms. The molecule has 0 spiro atoms. The predicted octanol–water partition coefficient (Wildman–Crippen LogP) is 3.31. The van der Waals surface area contributed by atoms with Crippen molar-refractivity contribution < 1.29 is 9.47 Å². The molecule has 0 aliphatic carbocycles. The number of halogens is 1. The van der Waals surface area contributed by atoms with Crippen LogP contribution in [0.15, 0.2) is 16.6 Å². The topological polar surface area (TPSA) is 21.7 Å². The fourth-order valence-corrected chi connectivity index (χ4v) is 2.19. The Balaban J connectivity index is 3.10. The number of ether oxygens (including phenoxy) is 2. The summed E-state index contributed by atoms with van der Waals surface area (Å²) in [4.78, 5) is 2.33. The highest BCUT2D eigenvalue weighted by atomic mass is 79.9. The van der Waals surface area contributed by atoms with Crippen molar-refractivity contribution in [2.24, 2.45) is 0 Å². The van der Waals surface area contributed by atoms with Gasteiger partial charge in [0, 0.05) is 11.0 Å². The summed E-state index contributed by atoms with van der Waals surface area (Å²) in [5.41, 5.74) is 1.10. The highest BCUT2D eigenvalue weighted by Crippen LogP contribution is 2.33. The average molecular weight is 302 g/mol. The van der Waals surface area contributed by atoms with E-state index in [0.29, 0.717) is 0 Å². The molecule has 0 fully saturated rings. The minimum absolute atomic E-state index is 0.840. The van der Waals surface area contributed by atoms with Gasteiger partial charge in [0.1, 0.15) is 11.5 Å². The third-order valence-electron chi connectivity index (χ3n) is 2.85. The van der Waals surface area contributed by atoms with E-state index in [1.165, 1.54) is 0 Å². The van der Waals surface area contributed by atoms with E-state index >= 15 is 0 Å². The van der Waals surface area contributed by atoms with E-state index in [4.69, 9.17) is 9.47 Å². The van der Waals surface area contributed by atoms with Gasteiger partial charge in [0.05, 0.1) is 19.8 Å². The van der Waals surface area contributed by atoms with Crippen molar-refractivity contribution in [1.29, 1.82) is 0 Å². The lowest BCUT2D eigenvalue weighted by Crippen LogP contribution is -2.22. The highest BCUT2D eigenvalue weighted by Gasteiger charge is 2.14. The molecule has 1 rings (SSSR count). The van der Waals surface area contributed by atoms with Crippen LogP contribution in [0.5, 0.6) is 11.5 Å². The third kappa shape index (κ3) is 3.61. The van der Waals surface area contributed by atoms with Gasteiger partial charge in [0.2, 0.25) is 0 Å². The molecule has 0 aromatic heterocycles. The fraction of sp³-hybridized carbons (Fsp3) is 0.538. The SMILES string of the molecule is CCN(CC)Cc1c(OC)cc(Br)cc1OC. The van der Waals surface area contributed by atoms with E-state index in [1.807, 2.05) is 12.1 Å². The van der Waals surface area contributed by atoms with Crippen LogP contribution in [0.4, 0.5) is 0 Å².